The molecule has 0 unspecified atom stereocenters. The molecule has 0 bridgehead atoms. The van der Waals surface area contributed by atoms with Gasteiger partial charge in [-0.2, -0.15) is 0 Å². The number of likely N-dealkylation sites (N-methyl/N-ethyl adjacent to an activating group) is 1. The van der Waals surface area contributed by atoms with E-state index in [1.165, 1.54) is 4.31 Å². The molecule has 190 valence electrons. The van der Waals surface area contributed by atoms with Crippen molar-refractivity contribution in [3.8, 4) is 11.5 Å². The quantitative estimate of drug-likeness (QED) is 0.506. The molecular weight excluding hydrogens is 470 g/mol. The minimum atomic E-state index is -3.60. The van der Waals surface area contributed by atoms with Gasteiger partial charge in [0, 0.05) is 32.1 Å². The summed E-state index contributed by atoms with van der Waals surface area (Å²) in [6.45, 7) is 6.45. The summed E-state index contributed by atoms with van der Waals surface area (Å²) in [5, 5.41) is 2.77. The number of sulfonamides is 1. The van der Waals surface area contributed by atoms with Crippen molar-refractivity contribution in [1.82, 2.24) is 10.2 Å². The predicted molar refractivity (Wildman–Crippen MR) is 134 cm³/mol. The smallest absolute Gasteiger partial charge is 0.242 e. The number of amides is 2. The molecule has 2 aromatic carbocycles. The molecule has 0 spiro atoms. The van der Waals surface area contributed by atoms with Gasteiger partial charge in [0.2, 0.25) is 28.6 Å². The minimum Gasteiger partial charge on any atom is -0.454 e. The number of hydrogen-bond donors (Lipinski definition) is 1. The van der Waals surface area contributed by atoms with E-state index in [4.69, 9.17) is 9.47 Å². The summed E-state index contributed by atoms with van der Waals surface area (Å²) in [6.07, 6.45) is 1.50. The van der Waals surface area contributed by atoms with E-state index >= 15 is 0 Å². The van der Waals surface area contributed by atoms with E-state index in [0.717, 1.165) is 17.4 Å². The maximum atomic E-state index is 13.2. The Kier molecular flexibility index (Phi) is 8.61. The van der Waals surface area contributed by atoms with Gasteiger partial charge in [-0.3, -0.25) is 13.9 Å². The first-order valence-corrected chi connectivity index (χ1v) is 13.4. The van der Waals surface area contributed by atoms with Crippen LogP contribution in [0.25, 0.3) is 0 Å². The molecule has 9 nitrogen and oxygen atoms in total. The van der Waals surface area contributed by atoms with Crippen LogP contribution in [0.2, 0.25) is 0 Å². The van der Waals surface area contributed by atoms with Crippen molar-refractivity contribution >= 4 is 27.5 Å². The molecule has 10 heteroatoms. The number of nitrogens with zero attached hydrogens (tertiary/aromatic N) is 2. The standard InChI is InChI=1S/C25H33N3O6S/c1-5-26-25(30)19(3)27(16-20-9-6-8-18(2)14-20)24(29)10-7-13-28(35(4,31)32)21-11-12-22-23(15-21)34-17-33-22/h6,8-9,11-12,14-15,19H,5,7,10,13,16-17H2,1-4H3,(H,26,30)/t19-/m1/s1. The van der Waals surface area contributed by atoms with Crippen LogP contribution >= 0.6 is 0 Å². The second kappa shape index (κ2) is 11.4. The normalized spacial score (nSPS) is 13.3. The highest BCUT2D eigenvalue weighted by Gasteiger charge is 2.27. The Labute approximate surface area is 207 Å². The average molecular weight is 504 g/mol. The summed E-state index contributed by atoms with van der Waals surface area (Å²) in [6, 6.07) is 12.1. The topological polar surface area (TPSA) is 105 Å². The Morgan fingerprint density at radius 1 is 1.11 bits per heavy atom. The van der Waals surface area contributed by atoms with E-state index in [2.05, 4.69) is 5.32 Å². The van der Waals surface area contributed by atoms with E-state index in [0.29, 0.717) is 23.7 Å². The van der Waals surface area contributed by atoms with Crippen molar-refractivity contribution in [3.63, 3.8) is 0 Å². The Morgan fingerprint density at radius 2 is 1.86 bits per heavy atom. The molecule has 1 aliphatic heterocycles. The molecule has 1 atom stereocenters. The monoisotopic (exact) mass is 503 g/mol. The van der Waals surface area contributed by atoms with Crippen molar-refractivity contribution in [2.24, 2.45) is 0 Å². The Morgan fingerprint density at radius 3 is 2.54 bits per heavy atom. The Balaban J connectivity index is 1.72. The lowest BCUT2D eigenvalue weighted by atomic mass is 10.1. The Hall–Kier alpha value is -3.27. The van der Waals surface area contributed by atoms with E-state index in [9.17, 15) is 18.0 Å². The lowest BCUT2D eigenvalue weighted by Crippen LogP contribution is -2.47. The zero-order valence-corrected chi connectivity index (χ0v) is 21.4. The second-order valence-corrected chi connectivity index (χ2v) is 10.5. The number of benzene rings is 2. The number of aryl methyl sites for hydroxylation is 1. The fourth-order valence-electron chi connectivity index (χ4n) is 3.96. The van der Waals surface area contributed by atoms with Gasteiger partial charge in [0.25, 0.3) is 0 Å². The van der Waals surface area contributed by atoms with Gasteiger partial charge < -0.3 is 19.7 Å². The predicted octanol–water partition coefficient (Wildman–Crippen LogP) is 2.82. The van der Waals surface area contributed by atoms with Gasteiger partial charge in [0.1, 0.15) is 6.04 Å². The van der Waals surface area contributed by atoms with Gasteiger partial charge in [-0.15, -0.1) is 0 Å². The molecule has 0 fully saturated rings. The lowest BCUT2D eigenvalue weighted by molar-refractivity contribution is -0.140. The van der Waals surface area contributed by atoms with Crippen LogP contribution in [0.5, 0.6) is 11.5 Å². The number of carbonyl (C=O) groups excluding carboxylic acids is 2. The second-order valence-electron chi connectivity index (χ2n) is 8.56. The molecule has 1 heterocycles. The highest BCUT2D eigenvalue weighted by molar-refractivity contribution is 7.92. The molecule has 2 amide bonds. The van der Waals surface area contributed by atoms with Crippen LogP contribution < -0.4 is 19.1 Å². The fourth-order valence-corrected chi connectivity index (χ4v) is 4.91. The number of rotatable bonds is 11. The van der Waals surface area contributed by atoms with Gasteiger partial charge in [-0.05, 0) is 44.9 Å². The summed E-state index contributed by atoms with van der Waals surface area (Å²) in [4.78, 5) is 27.3. The molecule has 0 aromatic heterocycles. The summed E-state index contributed by atoms with van der Waals surface area (Å²) in [7, 11) is -3.60. The number of fused-ring (bicyclic) bond motifs is 1. The maximum Gasteiger partial charge on any atom is 0.242 e. The summed E-state index contributed by atoms with van der Waals surface area (Å²) < 4.78 is 36.9. The minimum absolute atomic E-state index is 0.0894. The number of nitrogens with one attached hydrogen (secondary N) is 1. The molecular formula is C25H33N3O6S. The molecule has 0 saturated heterocycles. The Bertz CT molecular complexity index is 1170. The van der Waals surface area contributed by atoms with E-state index in [-0.39, 0.29) is 44.5 Å². The highest BCUT2D eigenvalue weighted by atomic mass is 32.2. The molecule has 3 rings (SSSR count). The summed E-state index contributed by atoms with van der Waals surface area (Å²) in [5.74, 6) is 0.590. The summed E-state index contributed by atoms with van der Waals surface area (Å²) in [5.41, 5.74) is 2.43. The van der Waals surface area contributed by atoms with E-state index in [1.807, 2.05) is 38.1 Å². The van der Waals surface area contributed by atoms with Crippen molar-refractivity contribution in [2.45, 2.75) is 46.2 Å². The highest BCUT2D eigenvalue weighted by Crippen LogP contribution is 2.36. The first-order chi connectivity index (χ1) is 16.6. The van der Waals surface area contributed by atoms with Crippen LogP contribution in [0.3, 0.4) is 0 Å². The number of ether oxygens (including phenoxy) is 2. The molecule has 0 saturated carbocycles. The first-order valence-electron chi connectivity index (χ1n) is 11.6. The SMILES string of the molecule is CCNC(=O)[C@@H](C)N(Cc1cccc(C)c1)C(=O)CCCN(c1ccc2c(c1)OCO2)S(C)(=O)=O. The van der Waals surface area contributed by atoms with Crippen LogP contribution in [0, 0.1) is 6.92 Å². The van der Waals surface area contributed by atoms with E-state index in [1.54, 1.807) is 30.0 Å². The van der Waals surface area contributed by atoms with Crippen molar-refractivity contribution < 1.29 is 27.5 Å². The van der Waals surface area contributed by atoms with Gasteiger partial charge in [0.15, 0.2) is 11.5 Å². The summed E-state index contributed by atoms with van der Waals surface area (Å²) >= 11 is 0. The molecule has 0 aliphatic carbocycles. The third-order valence-corrected chi connectivity index (χ3v) is 6.94. The maximum absolute atomic E-state index is 13.2. The van der Waals surface area contributed by atoms with Gasteiger partial charge in [0.05, 0.1) is 11.9 Å². The van der Waals surface area contributed by atoms with Gasteiger partial charge in [-0.1, -0.05) is 29.8 Å². The zero-order chi connectivity index (χ0) is 25.6. The van der Waals surface area contributed by atoms with Crippen molar-refractivity contribution in [3.05, 3.63) is 53.6 Å². The third kappa shape index (κ3) is 6.88. The fraction of sp³-hybridized carbons (Fsp3) is 0.440. The lowest BCUT2D eigenvalue weighted by Gasteiger charge is -2.29. The number of hydrogen-bond acceptors (Lipinski definition) is 6. The molecule has 1 aliphatic rings. The average Bonchev–Trinajstić information content (AvgIpc) is 3.27. The third-order valence-electron chi connectivity index (χ3n) is 5.75. The first kappa shape index (κ1) is 26.3. The number of anilines is 1. The van der Waals surface area contributed by atoms with Crippen LogP contribution in [0.4, 0.5) is 5.69 Å². The van der Waals surface area contributed by atoms with Gasteiger partial charge >= 0.3 is 0 Å². The van der Waals surface area contributed by atoms with Crippen molar-refractivity contribution in [2.75, 3.05) is 30.4 Å². The zero-order valence-electron chi connectivity index (χ0n) is 20.6. The molecule has 35 heavy (non-hydrogen) atoms. The van der Waals surface area contributed by atoms with Crippen LogP contribution in [0.1, 0.15) is 37.8 Å². The number of carbonyl (C=O) groups is 2. The largest absolute Gasteiger partial charge is 0.454 e. The molecule has 0 radical (unpaired) electrons. The van der Waals surface area contributed by atoms with E-state index < -0.39 is 16.1 Å². The van der Waals surface area contributed by atoms with Crippen molar-refractivity contribution in [1.29, 1.82) is 0 Å². The van der Waals surface area contributed by atoms with Crippen LogP contribution in [0.15, 0.2) is 42.5 Å². The molecule has 1 N–H and O–H groups in total. The van der Waals surface area contributed by atoms with Crippen LogP contribution in [-0.4, -0.2) is 57.3 Å². The van der Waals surface area contributed by atoms with Crippen LogP contribution in [-0.2, 0) is 26.2 Å². The molecule has 2 aromatic rings. The van der Waals surface area contributed by atoms with Gasteiger partial charge in [-0.25, -0.2) is 8.42 Å².